The van der Waals surface area contributed by atoms with Crippen LogP contribution in [0.5, 0.6) is 0 Å². The molecule has 0 aliphatic carbocycles. The molecule has 0 aliphatic heterocycles. The summed E-state index contributed by atoms with van der Waals surface area (Å²) in [5.41, 5.74) is -1.52. The van der Waals surface area contributed by atoms with Gasteiger partial charge in [-0.2, -0.15) is 26.3 Å². The Balaban J connectivity index is 1.69. The standard InChI is InChI=1S/C24H19ClF6N4O2/c25-17-6-10-19(11-7-17)34-22(37)35(20-3-1-2-16(14-20)24(29,30)31)13-12-32-21(36)33-18-8-4-15(5-9-18)23(26,27)28/h1-11,14H,12-13H2,(H,34,37)(H2,32,33,36). The van der Waals surface area contributed by atoms with Crippen LogP contribution in [-0.4, -0.2) is 25.2 Å². The summed E-state index contributed by atoms with van der Waals surface area (Å²) in [4.78, 5) is 26.1. The van der Waals surface area contributed by atoms with Gasteiger partial charge in [0.05, 0.1) is 11.1 Å². The van der Waals surface area contributed by atoms with E-state index in [1.54, 1.807) is 0 Å². The van der Waals surface area contributed by atoms with Crippen molar-refractivity contribution in [2.45, 2.75) is 12.4 Å². The maximum atomic E-state index is 13.2. The Bertz CT molecular complexity index is 1230. The van der Waals surface area contributed by atoms with Crippen molar-refractivity contribution in [1.29, 1.82) is 0 Å². The topological polar surface area (TPSA) is 73.5 Å². The summed E-state index contributed by atoms with van der Waals surface area (Å²) in [7, 11) is 0. The number of alkyl halides is 6. The molecule has 196 valence electrons. The number of halogens is 7. The van der Waals surface area contributed by atoms with Crippen LogP contribution in [0.15, 0.2) is 72.8 Å². The Morgan fingerprint density at radius 2 is 1.32 bits per heavy atom. The van der Waals surface area contributed by atoms with E-state index in [1.165, 1.54) is 30.3 Å². The van der Waals surface area contributed by atoms with Gasteiger partial charge in [-0.05, 0) is 66.7 Å². The number of carbonyl (C=O) groups is 2. The maximum absolute atomic E-state index is 13.2. The van der Waals surface area contributed by atoms with E-state index in [1.807, 2.05) is 0 Å². The van der Waals surface area contributed by atoms with Gasteiger partial charge in [0.15, 0.2) is 0 Å². The predicted octanol–water partition coefficient (Wildman–Crippen LogP) is 7.24. The van der Waals surface area contributed by atoms with Crippen LogP contribution in [0.25, 0.3) is 0 Å². The van der Waals surface area contributed by atoms with Gasteiger partial charge in [-0.15, -0.1) is 0 Å². The molecule has 0 fully saturated rings. The lowest BCUT2D eigenvalue weighted by Gasteiger charge is -2.24. The van der Waals surface area contributed by atoms with E-state index in [-0.39, 0.29) is 24.5 Å². The van der Waals surface area contributed by atoms with E-state index in [9.17, 15) is 35.9 Å². The highest BCUT2D eigenvalue weighted by molar-refractivity contribution is 6.30. The number of carbonyl (C=O) groups excluding carboxylic acids is 2. The predicted molar refractivity (Wildman–Crippen MR) is 128 cm³/mol. The van der Waals surface area contributed by atoms with Crippen LogP contribution in [0.3, 0.4) is 0 Å². The molecule has 0 bridgehead atoms. The number of nitrogens with zero attached hydrogens (tertiary/aromatic N) is 1. The van der Waals surface area contributed by atoms with E-state index in [0.29, 0.717) is 10.7 Å². The number of hydrogen-bond donors (Lipinski definition) is 3. The molecule has 37 heavy (non-hydrogen) atoms. The molecule has 0 saturated heterocycles. The van der Waals surface area contributed by atoms with Gasteiger partial charge in [0.2, 0.25) is 0 Å². The van der Waals surface area contributed by atoms with Crippen molar-refractivity contribution in [2.75, 3.05) is 28.6 Å². The van der Waals surface area contributed by atoms with E-state index in [2.05, 4.69) is 16.0 Å². The van der Waals surface area contributed by atoms with Crippen molar-refractivity contribution >= 4 is 40.7 Å². The van der Waals surface area contributed by atoms with Crippen LogP contribution in [-0.2, 0) is 12.4 Å². The third kappa shape index (κ3) is 8.04. The van der Waals surface area contributed by atoms with Gasteiger partial charge in [0.25, 0.3) is 0 Å². The summed E-state index contributed by atoms with van der Waals surface area (Å²) in [6, 6.07) is 12.3. The van der Waals surface area contributed by atoms with Crippen LogP contribution in [0, 0.1) is 0 Å². The highest BCUT2D eigenvalue weighted by Gasteiger charge is 2.31. The fourth-order valence-corrected chi connectivity index (χ4v) is 3.25. The highest BCUT2D eigenvalue weighted by Crippen LogP contribution is 2.32. The summed E-state index contributed by atoms with van der Waals surface area (Å²) in [6.45, 7) is -0.433. The summed E-state index contributed by atoms with van der Waals surface area (Å²) < 4.78 is 77.6. The number of anilines is 3. The van der Waals surface area contributed by atoms with E-state index in [0.717, 1.165) is 47.4 Å². The number of nitrogens with one attached hydrogen (secondary N) is 3. The van der Waals surface area contributed by atoms with E-state index < -0.39 is 35.5 Å². The third-order valence-corrected chi connectivity index (χ3v) is 5.17. The number of hydrogen-bond acceptors (Lipinski definition) is 2. The lowest BCUT2D eigenvalue weighted by molar-refractivity contribution is -0.138. The molecule has 6 nitrogen and oxygen atoms in total. The van der Waals surface area contributed by atoms with Crippen LogP contribution < -0.4 is 20.9 Å². The van der Waals surface area contributed by atoms with Gasteiger partial charge in [-0.25, -0.2) is 9.59 Å². The number of rotatable bonds is 6. The third-order valence-electron chi connectivity index (χ3n) is 4.92. The zero-order chi connectivity index (χ0) is 27.2. The lowest BCUT2D eigenvalue weighted by atomic mass is 10.2. The molecule has 13 heteroatoms. The minimum absolute atomic E-state index is 0.0776. The molecule has 0 aromatic heterocycles. The fourth-order valence-electron chi connectivity index (χ4n) is 3.12. The second-order valence-corrected chi connectivity index (χ2v) is 8.03. The first-order valence-corrected chi connectivity index (χ1v) is 10.9. The Morgan fingerprint density at radius 3 is 1.92 bits per heavy atom. The first-order valence-electron chi connectivity index (χ1n) is 10.6. The monoisotopic (exact) mass is 544 g/mol. The molecule has 3 N–H and O–H groups in total. The Labute approximate surface area is 212 Å². The van der Waals surface area contributed by atoms with Gasteiger partial charge < -0.3 is 16.0 Å². The first kappa shape index (κ1) is 27.7. The molecule has 3 aromatic rings. The van der Waals surface area contributed by atoms with Crippen LogP contribution >= 0.6 is 11.6 Å². The summed E-state index contributed by atoms with van der Waals surface area (Å²) in [6.07, 6.45) is -9.17. The Kier molecular flexibility index (Phi) is 8.53. The Morgan fingerprint density at radius 1 is 0.757 bits per heavy atom. The molecular weight excluding hydrogens is 526 g/mol. The molecule has 0 aliphatic rings. The molecule has 0 heterocycles. The number of benzene rings is 3. The van der Waals surface area contributed by atoms with Crippen molar-refractivity contribution in [3.8, 4) is 0 Å². The second-order valence-electron chi connectivity index (χ2n) is 7.59. The molecule has 0 saturated carbocycles. The van der Waals surface area contributed by atoms with Gasteiger partial charge in [0, 0.05) is 35.2 Å². The van der Waals surface area contributed by atoms with Crippen molar-refractivity contribution in [2.24, 2.45) is 0 Å². The quantitative estimate of drug-likeness (QED) is 0.286. The summed E-state index contributed by atoms with van der Waals surface area (Å²) in [5, 5.41) is 7.71. The zero-order valence-electron chi connectivity index (χ0n) is 18.8. The summed E-state index contributed by atoms with van der Waals surface area (Å²) >= 11 is 5.82. The largest absolute Gasteiger partial charge is 0.416 e. The molecular formula is C24H19ClF6N4O2. The average molecular weight is 545 g/mol. The number of urea groups is 2. The van der Waals surface area contributed by atoms with Gasteiger partial charge >= 0.3 is 24.4 Å². The zero-order valence-corrected chi connectivity index (χ0v) is 19.5. The van der Waals surface area contributed by atoms with Crippen molar-refractivity contribution in [3.63, 3.8) is 0 Å². The normalized spacial score (nSPS) is 11.5. The molecule has 3 rings (SSSR count). The van der Waals surface area contributed by atoms with E-state index >= 15 is 0 Å². The van der Waals surface area contributed by atoms with Gasteiger partial charge in [-0.3, -0.25) is 4.90 Å². The van der Waals surface area contributed by atoms with Crippen molar-refractivity contribution < 1.29 is 35.9 Å². The van der Waals surface area contributed by atoms with Gasteiger partial charge in [0.1, 0.15) is 0 Å². The average Bonchev–Trinajstić information content (AvgIpc) is 2.82. The molecule has 0 spiro atoms. The molecule has 4 amide bonds. The maximum Gasteiger partial charge on any atom is 0.416 e. The van der Waals surface area contributed by atoms with E-state index in [4.69, 9.17) is 11.6 Å². The van der Waals surface area contributed by atoms with Crippen molar-refractivity contribution in [3.05, 3.63) is 88.9 Å². The van der Waals surface area contributed by atoms with Crippen LogP contribution in [0.1, 0.15) is 11.1 Å². The minimum Gasteiger partial charge on any atom is -0.336 e. The molecule has 0 unspecified atom stereocenters. The molecule has 0 radical (unpaired) electrons. The van der Waals surface area contributed by atoms with Crippen LogP contribution in [0.2, 0.25) is 5.02 Å². The van der Waals surface area contributed by atoms with Crippen molar-refractivity contribution in [1.82, 2.24) is 5.32 Å². The first-order chi connectivity index (χ1) is 17.3. The van der Waals surface area contributed by atoms with Crippen LogP contribution in [0.4, 0.5) is 53.0 Å². The number of amides is 4. The molecule has 0 atom stereocenters. The molecule has 3 aromatic carbocycles. The Hall–Kier alpha value is -3.93. The fraction of sp³-hybridized carbons (Fsp3) is 0.167. The lowest BCUT2D eigenvalue weighted by Crippen LogP contribution is -2.42. The smallest absolute Gasteiger partial charge is 0.336 e. The van der Waals surface area contributed by atoms with Gasteiger partial charge in [-0.1, -0.05) is 17.7 Å². The minimum atomic E-state index is -4.64. The highest BCUT2D eigenvalue weighted by atomic mass is 35.5. The second kappa shape index (κ2) is 11.4. The SMILES string of the molecule is O=C(NCCN(C(=O)Nc1ccc(Cl)cc1)c1cccc(C(F)(F)F)c1)Nc1ccc(C(F)(F)F)cc1. The summed E-state index contributed by atoms with van der Waals surface area (Å²) in [5.74, 6) is 0.